The van der Waals surface area contributed by atoms with Crippen LogP contribution in [-0.2, 0) is 0 Å². The van der Waals surface area contributed by atoms with Crippen LogP contribution in [0.15, 0.2) is 45.6 Å². The smallest absolute Gasteiger partial charge is 0.235 e. The summed E-state index contributed by atoms with van der Waals surface area (Å²) in [6.45, 7) is 1.65. The maximum atomic E-state index is 12.9. The minimum atomic E-state index is -0.328. The van der Waals surface area contributed by atoms with E-state index in [1.54, 1.807) is 30.3 Å². The van der Waals surface area contributed by atoms with Crippen LogP contribution in [0.1, 0.15) is 5.56 Å². The number of nitrogens with zero attached hydrogens (tertiary/aromatic N) is 1. The Balaban J connectivity index is 2.29. The molecule has 0 aliphatic carbocycles. The van der Waals surface area contributed by atoms with Gasteiger partial charge in [0, 0.05) is 5.56 Å². The second-order valence-electron chi connectivity index (χ2n) is 5.61. The lowest BCUT2D eigenvalue weighted by atomic mass is 10.1. The number of benzene rings is 2. The number of aryl methyl sites for hydroxylation is 1. The monoisotopic (exact) mass is 351 g/mol. The van der Waals surface area contributed by atoms with Crippen LogP contribution in [0.2, 0.25) is 0 Å². The summed E-state index contributed by atoms with van der Waals surface area (Å²) in [5.41, 5.74) is 1.66. The van der Waals surface area contributed by atoms with Gasteiger partial charge >= 0.3 is 0 Å². The van der Waals surface area contributed by atoms with Crippen molar-refractivity contribution >= 4 is 11.0 Å². The van der Waals surface area contributed by atoms with Gasteiger partial charge in [0.1, 0.15) is 11.7 Å². The molecule has 1 aromatic heterocycles. The van der Waals surface area contributed by atoms with Crippen LogP contribution in [0, 0.1) is 18.3 Å². The van der Waals surface area contributed by atoms with Crippen molar-refractivity contribution in [3.63, 3.8) is 0 Å². The topological polar surface area (TPSA) is 81.7 Å². The van der Waals surface area contributed by atoms with Crippen LogP contribution in [-0.4, -0.2) is 20.8 Å². The number of rotatable bonds is 5. The first-order valence-corrected chi connectivity index (χ1v) is 7.88. The molecule has 0 aliphatic rings. The van der Waals surface area contributed by atoms with E-state index in [4.69, 9.17) is 23.9 Å². The Morgan fingerprint density at radius 3 is 2.54 bits per heavy atom. The summed E-state index contributed by atoms with van der Waals surface area (Å²) in [6, 6.07) is 12.3. The summed E-state index contributed by atoms with van der Waals surface area (Å²) in [4.78, 5) is 12.9. The highest BCUT2D eigenvalue weighted by Gasteiger charge is 2.19. The molecule has 3 rings (SSSR count). The van der Waals surface area contributed by atoms with Crippen LogP contribution < -0.4 is 19.6 Å². The number of methoxy groups -OCH3 is 2. The molecule has 6 heteroatoms. The molecular formula is C20H17NO5. The average molecular weight is 351 g/mol. The molecule has 1 heterocycles. The molecule has 0 atom stereocenters. The summed E-state index contributed by atoms with van der Waals surface area (Å²) in [5, 5.41) is 9.23. The van der Waals surface area contributed by atoms with E-state index in [1.807, 2.05) is 19.1 Å². The first-order chi connectivity index (χ1) is 12.6. The molecule has 132 valence electrons. The summed E-state index contributed by atoms with van der Waals surface area (Å²) in [7, 11) is 3.06. The van der Waals surface area contributed by atoms with Crippen LogP contribution in [0.4, 0.5) is 0 Å². The minimum Gasteiger partial charge on any atom is -0.493 e. The maximum Gasteiger partial charge on any atom is 0.235 e. The first-order valence-electron chi connectivity index (χ1n) is 7.88. The predicted molar refractivity (Wildman–Crippen MR) is 96.9 cm³/mol. The SMILES string of the molecule is COc1ccc(-c2oc3cc(C)ccc3c(=O)c2OCC#N)cc1OC. The molecule has 0 amide bonds. The highest BCUT2D eigenvalue weighted by molar-refractivity contribution is 5.83. The lowest BCUT2D eigenvalue weighted by molar-refractivity contribution is 0.353. The van der Waals surface area contributed by atoms with Gasteiger partial charge in [-0.15, -0.1) is 0 Å². The van der Waals surface area contributed by atoms with Crippen molar-refractivity contribution in [1.29, 1.82) is 5.26 Å². The Bertz CT molecular complexity index is 1060. The van der Waals surface area contributed by atoms with Gasteiger partial charge in [0.05, 0.1) is 19.6 Å². The molecule has 0 bridgehead atoms. The molecule has 0 radical (unpaired) electrons. The van der Waals surface area contributed by atoms with Gasteiger partial charge in [-0.05, 0) is 42.8 Å². The van der Waals surface area contributed by atoms with Crippen molar-refractivity contribution in [3.8, 4) is 34.6 Å². The maximum absolute atomic E-state index is 12.9. The lowest BCUT2D eigenvalue weighted by Crippen LogP contribution is -2.10. The quantitative estimate of drug-likeness (QED) is 0.697. The Labute approximate surface area is 150 Å². The van der Waals surface area contributed by atoms with E-state index in [0.717, 1.165) is 5.56 Å². The highest BCUT2D eigenvalue weighted by atomic mass is 16.5. The second kappa shape index (κ2) is 7.19. The minimum absolute atomic E-state index is 0.00452. The molecule has 0 aliphatic heterocycles. The van der Waals surface area contributed by atoms with E-state index >= 15 is 0 Å². The molecule has 3 aromatic rings. The molecule has 2 aromatic carbocycles. The molecule has 0 unspecified atom stereocenters. The van der Waals surface area contributed by atoms with Crippen LogP contribution in [0.5, 0.6) is 17.2 Å². The summed E-state index contributed by atoms with van der Waals surface area (Å²) in [6.07, 6.45) is 0. The third-order valence-electron chi connectivity index (χ3n) is 3.93. The normalized spacial score (nSPS) is 10.4. The lowest BCUT2D eigenvalue weighted by Gasteiger charge is -2.12. The largest absolute Gasteiger partial charge is 0.493 e. The molecule has 0 saturated heterocycles. The van der Waals surface area contributed by atoms with Gasteiger partial charge in [0.2, 0.25) is 11.2 Å². The Kier molecular flexibility index (Phi) is 4.81. The van der Waals surface area contributed by atoms with Crippen LogP contribution in [0.3, 0.4) is 0 Å². The Hall–Kier alpha value is -3.46. The number of hydrogen-bond acceptors (Lipinski definition) is 6. The predicted octanol–water partition coefficient (Wildman–Crippen LogP) is 3.69. The fraction of sp³-hybridized carbons (Fsp3) is 0.200. The molecular weight excluding hydrogens is 334 g/mol. The highest BCUT2D eigenvalue weighted by Crippen LogP contribution is 2.36. The fourth-order valence-corrected chi connectivity index (χ4v) is 2.69. The summed E-state index contributed by atoms with van der Waals surface area (Å²) < 4.78 is 21.9. The standard InChI is InChI=1S/C20H17NO5/c1-12-4-6-14-16(10-12)26-19(20(18(14)22)25-9-8-21)13-5-7-15(23-2)17(11-13)24-3/h4-7,10-11H,9H2,1-3H3. The second-order valence-corrected chi connectivity index (χ2v) is 5.61. The van der Waals surface area contributed by atoms with E-state index < -0.39 is 0 Å². The Morgan fingerprint density at radius 2 is 1.85 bits per heavy atom. The number of nitriles is 1. The third-order valence-corrected chi connectivity index (χ3v) is 3.93. The van der Waals surface area contributed by atoms with Gasteiger partial charge in [0.25, 0.3) is 0 Å². The van der Waals surface area contributed by atoms with Gasteiger partial charge in [-0.2, -0.15) is 5.26 Å². The zero-order chi connectivity index (χ0) is 18.7. The van der Waals surface area contributed by atoms with E-state index in [0.29, 0.717) is 28.0 Å². The zero-order valence-corrected chi connectivity index (χ0v) is 14.7. The first kappa shape index (κ1) is 17.4. The van der Waals surface area contributed by atoms with Crippen molar-refractivity contribution < 1.29 is 18.6 Å². The van der Waals surface area contributed by atoms with Crippen molar-refractivity contribution in [1.82, 2.24) is 0 Å². The van der Waals surface area contributed by atoms with E-state index in [-0.39, 0.29) is 23.5 Å². The van der Waals surface area contributed by atoms with Crippen molar-refractivity contribution in [3.05, 3.63) is 52.2 Å². The summed E-state index contributed by atoms with van der Waals surface area (Å²) in [5.74, 6) is 1.28. The number of hydrogen-bond donors (Lipinski definition) is 0. The van der Waals surface area contributed by atoms with Crippen LogP contribution >= 0.6 is 0 Å². The van der Waals surface area contributed by atoms with Crippen molar-refractivity contribution in [2.75, 3.05) is 20.8 Å². The summed E-state index contributed by atoms with van der Waals surface area (Å²) >= 11 is 0. The van der Waals surface area contributed by atoms with E-state index in [9.17, 15) is 4.79 Å². The molecule has 0 saturated carbocycles. The molecule has 26 heavy (non-hydrogen) atoms. The van der Waals surface area contributed by atoms with Crippen molar-refractivity contribution in [2.24, 2.45) is 0 Å². The molecule has 0 spiro atoms. The fourth-order valence-electron chi connectivity index (χ4n) is 2.69. The number of fused-ring (bicyclic) bond motifs is 1. The third kappa shape index (κ3) is 3.07. The van der Waals surface area contributed by atoms with Gasteiger partial charge in [-0.3, -0.25) is 4.79 Å². The van der Waals surface area contributed by atoms with E-state index in [1.165, 1.54) is 14.2 Å². The average Bonchev–Trinajstić information content (AvgIpc) is 2.66. The molecule has 6 nitrogen and oxygen atoms in total. The molecule has 0 N–H and O–H groups in total. The van der Waals surface area contributed by atoms with Crippen LogP contribution in [0.25, 0.3) is 22.3 Å². The van der Waals surface area contributed by atoms with Crippen molar-refractivity contribution in [2.45, 2.75) is 6.92 Å². The zero-order valence-electron chi connectivity index (χ0n) is 14.7. The van der Waals surface area contributed by atoms with Gasteiger partial charge in [-0.25, -0.2) is 0 Å². The van der Waals surface area contributed by atoms with E-state index in [2.05, 4.69) is 0 Å². The molecule has 0 fully saturated rings. The Morgan fingerprint density at radius 1 is 1.08 bits per heavy atom. The van der Waals surface area contributed by atoms with Gasteiger partial charge in [0.15, 0.2) is 23.9 Å². The number of ether oxygens (including phenoxy) is 3. The van der Waals surface area contributed by atoms with Gasteiger partial charge < -0.3 is 18.6 Å². The van der Waals surface area contributed by atoms with Gasteiger partial charge in [-0.1, -0.05) is 6.07 Å².